The fourth-order valence-corrected chi connectivity index (χ4v) is 3.24. The van der Waals surface area contributed by atoms with Crippen LogP contribution in [-0.2, 0) is 0 Å². The van der Waals surface area contributed by atoms with E-state index in [9.17, 15) is 14.3 Å². The highest BCUT2D eigenvalue weighted by molar-refractivity contribution is 6.04. The molecule has 1 aliphatic rings. The zero-order valence-electron chi connectivity index (χ0n) is 15.4. The van der Waals surface area contributed by atoms with Crippen LogP contribution in [0.15, 0.2) is 42.6 Å². The molecule has 0 spiro atoms. The van der Waals surface area contributed by atoms with Gasteiger partial charge in [-0.15, -0.1) is 0 Å². The summed E-state index contributed by atoms with van der Waals surface area (Å²) in [5.41, 5.74) is 1.66. The number of hydrogen-bond donors (Lipinski definition) is 2. The molecule has 1 aliphatic heterocycles. The predicted molar refractivity (Wildman–Crippen MR) is 104 cm³/mol. The van der Waals surface area contributed by atoms with Crippen LogP contribution in [0.25, 0.3) is 5.69 Å². The first-order chi connectivity index (χ1) is 13.5. The van der Waals surface area contributed by atoms with Gasteiger partial charge in [0.15, 0.2) is 11.4 Å². The third-order valence-corrected chi connectivity index (χ3v) is 4.75. The van der Waals surface area contributed by atoms with Crippen LogP contribution >= 0.6 is 0 Å². The number of carbonyl (C=O) groups excluding carboxylic acids is 1. The van der Waals surface area contributed by atoms with E-state index in [1.807, 2.05) is 19.1 Å². The minimum atomic E-state index is -0.544. The van der Waals surface area contributed by atoms with Gasteiger partial charge >= 0.3 is 0 Å². The van der Waals surface area contributed by atoms with Crippen LogP contribution in [0.4, 0.5) is 15.9 Å². The summed E-state index contributed by atoms with van der Waals surface area (Å²) in [5, 5.41) is 17.0. The third-order valence-electron chi connectivity index (χ3n) is 4.75. The zero-order valence-corrected chi connectivity index (χ0v) is 15.4. The highest BCUT2D eigenvalue weighted by Gasteiger charge is 2.19. The maximum absolute atomic E-state index is 13.1. The molecule has 8 heteroatoms. The van der Waals surface area contributed by atoms with Gasteiger partial charge in [-0.3, -0.25) is 4.79 Å². The monoisotopic (exact) mass is 381 g/mol. The molecule has 1 aromatic carbocycles. The molecule has 0 saturated carbocycles. The largest absolute Gasteiger partial charge is 0.504 e. The van der Waals surface area contributed by atoms with Crippen molar-refractivity contribution in [3.8, 4) is 11.4 Å². The van der Waals surface area contributed by atoms with E-state index in [-0.39, 0.29) is 17.3 Å². The minimum Gasteiger partial charge on any atom is -0.504 e. The number of carbonyl (C=O) groups is 1. The summed E-state index contributed by atoms with van der Waals surface area (Å²) >= 11 is 0. The van der Waals surface area contributed by atoms with Crippen molar-refractivity contribution in [2.75, 3.05) is 23.3 Å². The van der Waals surface area contributed by atoms with Crippen molar-refractivity contribution in [1.29, 1.82) is 0 Å². The summed E-state index contributed by atoms with van der Waals surface area (Å²) in [6, 6.07) is 9.27. The van der Waals surface area contributed by atoms with Gasteiger partial charge in [0.1, 0.15) is 11.6 Å². The summed E-state index contributed by atoms with van der Waals surface area (Å²) < 4.78 is 14.4. The van der Waals surface area contributed by atoms with E-state index in [2.05, 4.69) is 20.3 Å². The Hall–Kier alpha value is -3.42. The number of rotatable bonds is 4. The Bertz CT molecular complexity index is 1010. The maximum Gasteiger partial charge on any atom is 0.280 e. The lowest BCUT2D eigenvalue weighted by Gasteiger charge is -2.17. The molecule has 7 nitrogen and oxygen atoms in total. The summed E-state index contributed by atoms with van der Waals surface area (Å²) in [6.07, 6.45) is 3.63. The number of hydrogen-bond acceptors (Lipinski definition) is 5. The van der Waals surface area contributed by atoms with Gasteiger partial charge in [-0.1, -0.05) is 0 Å². The molecule has 0 atom stereocenters. The SMILES string of the molecule is Cc1nc(N2CCCC2)ccc1NC(=O)c1nn(-c2ccc(F)cc2)cc1O. The average molecular weight is 381 g/mol. The molecule has 0 radical (unpaired) electrons. The molecule has 144 valence electrons. The Morgan fingerprint density at radius 3 is 2.54 bits per heavy atom. The normalized spacial score (nSPS) is 13.7. The fourth-order valence-electron chi connectivity index (χ4n) is 3.24. The van der Waals surface area contributed by atoms with Crippen LogP contribution in [0.1, 0.15) is 29.0 Å². The van der Waals surface area contributed by atoms with Gasteiger partial charge in [0.25, 0.3) is 5.91 Å². The summed E-state index contributed by atoms with van der Waals surface area (Å²) in [6.45, 7) is 3.81. The van der Waals surface area contributed by atoms with Crippen molar-refractivity contribution in [3.05, 3.63) is 59.8 Å². The Morgan fingerprint density at radius 2 is 1.86 bits per heavy atom. The van der Waals surface area contributed by atoms with Crippen molar-refractivity contribution in [2.45, 2.75) is 19.8 Å². The number of aromatic nitrogens is 3. The van der Waals surface area contributed by atoms with Crippen molar-refractivity contribution in [1.82, 2.24) is 14.8 Å². The molecular formula is C20H20FN5O2. The topological polar surface area (TPSA) is 83.3 Å². The molecule has 1 amide bonds. The second-order valence-corrected chi connectivity index (χ2v) is 6.73. The lowest BCUT2D eigenvalue weighted by atomic mass is 10.2. The average Bonchev–Trinajstić information content (AvgIpc) is 3.34. The molecule has 2 N–H and O–H groups in total. The van der Waals surface area contributed by atoms with E-state index in [1.54, 1.807) is 0 Å². The number of aryl methyl sites for hydroxylation is 1. The predicted octanol–water partition coefficient (Wildman–Crippen LogP) is 3.27. The second-order valence-electron chi connectivity index (χ2n) is 6.73. The number of benzene rings is 1. The van der Waals surface area contributed by atoms with Gasteiger partial charge in [-0.2, -0.15) is 5.10 Å². The molecule has 3 heterocycles. The number of amides is 1. The molecule has 4 rings (SSSR count). The highest BCUT2D eigenvalue weighted by atomic mass is 19.1. The van der Waals surface area contributed by atoms with Crippen LogP contribution < -0.4 is 10.2 Å². The molecule has 1 saturated heterocycles. The van der Waals surface area contributed by atoms with E-state index in [0.29, 0.717) is 17.1 Å². The number of nitrogens with one attached hydrogen (secondary N) is 1. The molecule has 28 heavy (non-hydrogen) atoms. The smallest absolute Gasteiger partial charge is 0.280 e. The Labute approximate surface area is 161 Å². The van der Waals surface area contributed by atoms with Crippen molar-refractivity contribution >= 4 is 17.4 Å². The van der Waals surface area contributed by atoms with Crippen LogP contribution in [0.3, 0.4) is 0 Å². The standard InChI is InChI=1S/C20H20FN5O2/c1-13-16(8-9-18(22-13)25-10-2-3-11-25)23-20(28)19-17(27)12-26(24-19)15-6-4-14(21)5-7-15/h4-9,12,27H,2-3,10-11H2,1H3,(H,23,28). The van der Waals surface area contributed by atoms with Gasteiger partial charge in [0, 0.05) is 13.1 Å². The quantitative estimate of drug-likeness (QED) is 0.725. The number of nitrogens with zero attached hydrogens (tertiary/aromatic N) is 4. The number of pyridine rings is 1. The van der Waals surface area contributed by atoms with Crippen molar-refractivity contribution in [2.24, 2.45) is 0 Å². The molecule has 0 unspecified atom stereocenters. The lowest BCUT2D eigenvalue weighted by Crippen LogP contribution is -2.20. The van der Waals surface area contributed by atoms with Crippen molar-refractivity contribution in [3.63, 3.8) is 0 Å². The van der Waals surface area contributed by atoms with Crippen molar-refractivity contribution < 1.29 is 14.3 Å². The molecule has 0 bridgehead atoms. The Morgan fingerprint density at radius 1 is 1.14 bits per heavy atom. The Kier molecular flexibility index (Phi) is 4.68. The molecular weight excluding hydrogens is 361 g/mol. The third kappa shape index (κ3) is 3.53. The van der Waals surface area contributed by atoms with Crippen LogP contribution in [0.2, 0.25) is 0 Å². The van der Waals surface area contributed by atoms with Gasteiger partial charge in [0.05, 0.1) is 23.3 Å². The maximum atomic E-state index is 13.1. The first-order valence-electron chi connectivity index (χ1n) is 9.10. The van der Waals surface area contributed by atoms with Gasteiger partial charge in [-0.05, 0) is 56.2 Å². The summed E-state index contributed by atoms with van der Waals surface area (Å²) in [4.78, 5) is 19.4. The van der Waals surface area contributed by atoms with Crippen LogP contribution in [0, 0.1) is 12.7 Å². The minimum absolute atomic E-state index is 0.118. The summed E-state index contributed by atoms with van der Waals surface area (Å²) in [7, 11) is 0. The van der Waals surface area contributed by atoms with Gasteiger partial charge in [-0.25, -0.2) is 14.1 Å². The van der Waals surface area contributed by atoms with E-state index < -0.39 is 5.91 Å². The van der Waals surface area contributed by atoms with E-state index in [4.69, 9.17) is 0 Å². The lowest BCUT2D eigenvalue weighted by molar-refractivity contribution is 0.101. The first kappa shape index (κ1) is 18.0. The van der Waals surface area contributed by atoms with E-state index >= 15 is 0 Å². The number of anilines is 2. The molecule has 0 aliphatic carbocycles. The molecule has 2 aromatic heterocycles. The van der Waals surface area contributed by atoms with Gasteiger partial charge in [0.2, 0.25) is 0 Å². The van der Waals surface area contributed by atoms with E-state index in [1.165, 1.54) is 35.1 Å². The number of halogens is 1. The first-order valence-corrected chi connectivity index (χ1v) is 9.10. The highest BCUT2D eigenvalue weighted by Crippen LogP contribution is 2.24. The fraction of sp³-hybridized carbons (Fsp3) is 0.250. The van der Waals surface area contributed by atoms with Crippen LogP contribution in [0.5, 0.6) is 5.75 Å². The number of aromatic hydroxyl groups is 1. The zero-order chi connectivity index (χ0) is 19.7. The van der Waals surface area contributed by atoms with E-state index in [0.717, 1.165) is 31.7 Å². The second kappa shape index (κ2) is 7.30. The van der Waals surface area contributed by atoms with Crippen LogP contribution in [-0.4, -0.2) is 38.9 Å². The molecule has 3 aromatic rings. The molecule has 1 fully saturated rings. The summed E-state index contributed by atoms with van der Waals surface area (Å²) in [5.74, 6) is -0.284. The van der Waals surface area contributed by atoms with Gasteiger partial charge < -0.3 is 15.3 Å². The Balaban J connectivity index is 1.53.